The van der Waals surface area contributed by atoms with Crippen LogP contribution >= 0.6 is 27.3 Å². The molecule has 0 aromatic carbocycles. The summed E-state index contributed by atoms with van der Waals surface area (Å²) in [7, 11) is 0. The van der Waals surface area contributed by atoms with Gasteiger partial charge in [-0.05, 0) is 42.3 Å². The zero-order valence-electron chi connectivity index (χ0n) is 7.50. The van der Waals surface area contributed by atoms with Gasteiger partial charge in [0.15, 0.2) is 0 Å². The highest BCUT2D eigenvalue weighted by atomic mass is 79.9. The van der Waals surface area contributed by atoms with Crippen molar-refractivity contribution in [3.63, 3.8) is 0 Å². The van der Waals surface area contributed by atoms with E-state index in [4.69, 9.17) is 5.11 Å². The highest BCUT2D eigenvalue weighted by Gasteiger charge is 2.27. The molecule has 0 saturated heterocycles. The van der Waals surface area contributed by atoms with Crippen LogP contribution in [0, 0.1) is 5.41 Å². The summed E-state index contributed by atoms with van der Waals surface area (Å²) in [5.74, 6) is -0.753. The third kappa shape index (κ3) is 2.81. The summed E-state index contributed by atoms with van der Waals surface area (Å²) in [6, 6.07) is 1.97. The van der Waals surface area contributed by atoms with E-state index in [9.17, 15) is 4.79 Å². The van der Waals surface area contributed by atoms with Gasteiger partial charge in [-0.2, -0.15) is 0 Å². The van der Waals surface area contributed by atoms with Gasteiger partial charge in [-0.25, -0.2) is 0 Å². The van der Waals surface area contributed by atoms with E-state index in [0.717, 1.165) is 9.35 Å². The number of hydrogen-bond acceptors (Lipinski definition) is 2. The number of hydrogen-bond donors (Lipinski definition) is 1. The van der Waals surface area contributed by atoms with Crippen LogP contribution in [0.2, 0.25) is 0 Å². The lowest BCUT2D eigenvalue weighted by molar-refractivity contribution is -0.146. The molecule has 72 valence electrons. The Morgan fingerprint density at radius 3 is 2.69 bits per heavy atom. The minimum Gasteiger partial charge on any atom is -0.481 e. The van der Waals surface area contributed by atoms with E-state index in [2.05, 4.69) is 15.9 Å². The van der Waals surface area contributed by atoms with Gasteiger partial charge in [0.1, 0.15) is 0 Å². The standard InChI is InChI=1S/C9H11BrO2S/c1-9(2,8(11)12)4-7-3-6(10)5-13-7/h3,5H,4H2,1-2H3,(H,11,12). The van der Waals surface area contributed by atoms with Crippen molar-refractivity contribution in [2.75, 3.05) is 0 Å². The van der Waals surface area contributed by atoms with Crippen LogP contribution < -0.4 is 0 Å². The Morgan fingerprint density at radius 2 is 2.31 bits per heavy atom. The van der Waals surface area contributed by atoms with Crippen molar-refractivity contribution >= 4 is 33.2 Å². The average molecular weight is 263 g/mol. The predicted molar refractivity (Wildman–Crippen MR) is 57.1 cm³/mol. The van der Waals surface area contributed by atoms with Gasteiger partial charge in [0.25, 0.3) is 0 Å². The molecule has 0 fully saturated rings. The van der Waals surface area contributed by atoms with Gasteiger partial charge in [0.2, 0.25) is 0 Å². The second-order valence-electron chi connectivity index (χ2n) is 3.60. The molecular formula is C9H11BrO2S. The maximum atomic E-state index is 10.8. The Labute approximate surface area is 89.7 Å². The Hall–Kier alpha value is -0.350. The van der Waals surface area contributed by atoms with Crippen LogP contribution in [0.4, 0.5) is 0 Å². The van der Waals surface area contributed by atoms with Crippen molar-refractivity contribution in [2.24, 2.45) is 5.41 Å². The molecule has 0 aliphatic rings. The summed E-state index contributed by atoms with van der Waals surface area (Å²) >= 11 is 4.92. The van der Waals surface area contributed by atoms with Crippen molar-refractivity contribution in [2.45, 2.75) is 20.3 Å². The molecule has 0 aliphatic heterocycles. The molecule has 4 heteroatoms. The van der Waals surface area contributed by atoms with E-state index in [1.165, 1.54) is 0 Å². The fourth-order valence-electron chi connectivity index (χ4n) is 0.958. The Bertz CT molecular complexity index is 317. The lowest BCUT2D eigenvalue weighted by Crippen LogP contribution is -2.25. The van der Waals surface area contributed by atoms with Crippen LogP contribution in [0.1, 0.15) is 18.7 Å². The third-order valence-electron chi connectivity index (χ3n) is 1.82. The largest absolute Gasteiger partial charge is 0.481 e. The molecular weight excluding hydrogens is 252 g/mol. The molecule has 0 spiro atoms. The molecule has 0 saturated carbocycles. The SMILES string of the molecule is CC(C)(Cc1cc(Br)cs1)C(=O)O. The van der Waals surface area contributed by atoms with Gasteiger partial charge in [0, 0.05) is 14.7 Å². The second-order valence-corrected chi connectivity index (χ2v) is 5.51. The summed E-state index contributed by atoms with van der Waals surface area (Å²) in [6.07, 6.45) is 0.582. The molecule has 1 aromatic rings. The highest BCUT2D eigenvalue weighted by molar-refractivity contribution is 9.10. The Morgan fingerprint density at radius 1 is 1.69 bits per heavy atom. The summed E-state index contributed by atoms with van der Waals surface area (Å²) in [6.45, 7) is 3.48. The van der Waals surface area contributed by atoms with Crippen LogP contribution in [0.5, 0.6) is 0 Å². The first-order valence-corrected chi connectivity index (χ1v) is 5.55. The van der Waals surface area contributed by atoms with Crippen molar-refractivity contribution in [3.05, 3.63) is 20.8 Å². The molecule has 0 atom stereocenters. The first-order valence-electron chi connectivity index (χ1n) is 3.88. The summed E-state index contributed by atoms with van der Waals surface area (Å²) in [5, 5.41) is 10.9. The topological polar surface area (TPSA) is 37.3 Å². The number of halogens is 1. The molecule has 13 heavy (non-hydrogen) atoms. The molecule has 0 radical (unpaired) electrons. The monoisotopic (exact) mass is 262 g/mol. The van der Waals surface area contributed by atoms with E-state index in [1.807, 2.05) is 11.4 Å². The van der Waals surface area contributed by atoms with Crippen molar-refractivity contribution in [1.82, 2.24) is 0 Å². The summed E-state index contributed by atoms with van der Waals surface area (Å²) in [5.41, 5.74) is -0.676. The number of carbonyl (C=O) groups is 1. The van der Waals surface area contributed by atoms with Gasteiger partial charge in [-0.15, -0.1) is 11.3 Å². The van der Waals surface area contributed by atoms with Gasteiger partial charge in [-0.3, -0.25) is 4.79 Å². The second kappa shape index (κ2) is 3.80. The van der Waals surface area contributed by atoms with Gasteiger partial charge < -0.3 is 5.11 Å². The van der Waals surface area contributed by atoms with E-state index in [0.29, 0.717) is 6.42 Å². The molecule has 0 aliphatic carbocycles. The van der Waals surface area contributed by atoms with E-state index >= 15 is 0 Å². The van der Waals surface area contributed by atoms with Crippen LogP contribution in [-0.2, 0) is 11.2 Å². The van der Waals surface area contributed by atoms with E-state index in [1.54, 1.807) is 25.2 Å². The minimum absolute atomic E-state index is 0.582. The van der Waals surface area contributed by atoms with E-state index in [-0.39, 0.29) is 0 Å². The van der Waals surface area contributed by atoms with Gasteiger partial charge in [0.05, 0.1) is 5.41 Å². The Kier molecular flexibility index (Phi) is 3.14. The predicted octanol–water partition coefficient (Wildman–Crippen LogP) is 3.16. The maximum absolute atomic E-state index is 10.8. The molecule has 1 N–H and O–H groups in total. The number of carboxylic acid groups (broad SMARTS) is 1. The van der Waals surface area contributed by atoms with Gasteiger partial charge >= 0.3 is 5.97 Å². The zero-order chi connectivity index (χ0) is 10.1. The number of thiophene rings is 1. The van der Waals surface area contributed by atoms with Crippen molar-refractivity contribution in [1.29, 1.82) is 0 Å². The highest BCUT2D eigenvalue weighted by Crippen LogP contribution is 2.28. The first-order chi connectivity index (χ1) is 5.92. The minimum atomic E-state index is -0.753. The smallest absolute Gasteiger partial charge is 0.309 e. The summed E-state index contributed by atoms with van der Waals surface area (Å²) < 4.78 is 1.02. The first kappa shape index (κ1) is 10.7. The molecule has 2 nitrogen and oxygen atoms in total. The molecule has 0 bridgehead atoms. The number of rotatable bonds is 3. The van der Waals surface area contributed by atoms with Crippen LogP contribution in [0.25, 0.3) is 0 Å². The quantitative estimate of drug-likeness (QED) is 0.909. The maximum Gasteiger partial charge on any atom is 0.309 e. The third-order valence-corrected chi connectivity index (χ3v) is 3.51. The van der Waals surface area contributed by atoms with Crippen LogP contribution in [0.15, 0.2) is 15.9 Å². The number of aliphatic carboxylic acids is 1. The van der Waals surface area contributed by atoms with Gasteiger partial charge in [-0.1, -0.05) is 0 Å². The lowest BCUT2D eigenvalue weighted by Gasteiger charge is -2.17. The average Bonchev–Trinajstić information content (AvgIpc) is 2.34. The van der Waals surface area contributed by atoms with Crippen molar-refractivity contribution < 1.29 is 9.90 Å². The lowest BCUT2D eigenvalue weighted by atomic mass is 9.89. The van der Waals surface area contributed by atoms with Crippen LogP contribution in [0.3, 0.4) is 0 Å². The number of carboxylic acids is 1. The fourth-order valence-corrected chi connectivity index (χ4v) is 2.64. The molecule has 1 aromatic heterocycles. The normalized spacial score (nSPS) is 11.6. The summed E-state index contributed by atoms with van der Waals surface area (Å²) in [4.78, 5) is 11.9. The molecule has 1 heterocycles. The van der Waals surface area contributed by atoms with Crippen molar-refractivity contribution in [3.8, 4) is 0 Å². The molecule has 0 unspecified atom stereocenters. The molecule has 1 rings (SSSR count). The van der Waals surface area contributed by atoms with E-state index < -0.39 is 11.4 Å². The fraction of sp³-hybridized carbons (Fsp3) is 0.444. The Balaban J connectivity index is 2.74. The van der Waals surface area contributed by atoms with Crippen LogP contribution in [-0.4, -0.2) is 11.1 Å². The molecule has 0 amide bonds. The zero-order valence-corrected chi connectivity index (χ0v) is 9.91.